The van der Waals surface area contributed by atoms with E-state index in [1.165, 1.54) is 0 Å². The largest absolute Gasteiger partial charge is 0.264 e. The topological polar surface area (TPSA) is 43.4 Å². The Kier molecular flexibility index (Phi) is 3.17. The Balaban J connectivity index is 2.36. The van der Waals surface area contributed by atoms with Gasteiger partial charge in [0.1, 0.15) is 0 Å². The highest BCUT2D eigenvalue weighted by Gasteiger charge is 2.12. The number of fused-ring (bicyclic) bond motifs is 1. The van der Waals surface area contributed by atoms with Crippen LogP contribution in [-0.2, 0) is 14.3 Å². The van der Waals surface area contributed by atoms with Crippen molar-refractivity contribution in [1.82, 2.24) is 0 Å². The van der Waals surface area contributed by atoms with Gasteiger partial charge in [-0.2, -0.15) is 8.42 Å². The maximum atomic E-state index is 11.1. The highest BCUT2D eigenvalue weighted by molar-refractivity contribution is 7.86. The molecule has 0 aromatic heterocycles. The van der Waals surface area contributed by atoms with E-state index in [1.54, 1.807) is 6.92 Å². The van der Waals surface area contributed by atoms with Crippen LogP contribution in [0, 0.1) is 0 Å². The quantitative estimate of drug-likeness (QED) is 0.787. The zero-order valence-electron chi connectivity index (χ0n) is 9.75. The van der Waals surface area contributed by atoms with Crippen molar-refractivity contribution in [3.8, 4) is 0 Å². The Labute approximate surface area is 101 Å². The van der Waals surface area contributed by atoms with Crippen LogP contribution in [0.15, 0.2) is 42.5 Å². The fourth-order valence-electron chi connectivity index (χ4n) is 1.78. The van der Waals surface area contributed by atoms with Gasteiger partial charge in [-0.3, -0.25) is 4.18 Å². The van der Waals surface area contributed by atoms with Crippen LogP contribution in [0.2, 0.25) is 0 Å². The average Bonchev–Trinajstić information content (AvgIpc) is 2.26. The first-order chi connectivity index (χ1) is 7.96. The predicted octanol–water partition coefficient (Wildman–Crippen LogP) is 2.88. The maximum absolute atomic E-state index is 11.1. The van der Waals surface area contributed by atoms with Gasteiger partial charge in [-0.05, 0) is 29.3 Å². The van der Waals surface area contributed by atoms with E-state index < -0.39 is 16.2 Å². The fraction of sp³-hybridized carbons (Fsp3) is 0.231. The molecule has 2 rings (SSSR count). The molecule has 0 spiro atoms. The zero-order valence-corrected chi connectivity index (χ0v) is 10.6. The Morgan fingerprint density at radius 1 is 1.06 bits per heavy atom. The minimum Gasteiger partial charge on any atom is -0.262 e. The van der Waals surface area contributed by atoms with Crippen LogP contribution < -0.4 is 0 Å². The van der Waals surface area contributed by atoms with E-state index in [0.717, 1.165) is 22.6 Å². The van der Waals surface area contributed by atoms with Crippen molar-refractivity contribution in [3.63, 3.8) is 0 Å². The molecule has 1 atom stereocenters. The Hall–Kier alpha value is -1.39. The van der Waals surface area contributed by atoms with Crippen LogP contribution in [0.1, 0.15) is 18.6 Å². The summed E-state index contributed by atoms with van der Waals surface area (Å²) < 4.78 is 27.1. The predicted molar refractivity (Wildman–Crippen MR) is 68.3 cm³/mol. The Morgan fingerprint density at radius 3 is 2.35 bits per heavy atom. The Morgan fingerprint density at radius 2 is 1.71 bits per heavy atom. The SMILES string of the molecule is CC(OS(C)(=O)=O)c1ccc2ccccc2c1. The molecule has 2 aromatic rings. The van der Waals surface area contributed by atoms with Crippen LogP contribution >= 0.6 is 0 Å². The highest BCUT2D eigenvalue weighted by atomic mass is 32.2. The normalized spacial score (nSPS) is 13.8. The molecule has 0 saturated heterocycles. The average molecular weight is 250 g/mol. The van der Waals surface area contributed by atoms with Gasteiger partial charge >= 0.3 is 0 Å². The van der Waals surface area contributed by atoms with E-state index in [9.17, 15) is 8.42 Å². The maximum Gasteiger partial charge on any atom is 0.264 e. The van der Waals surface area contributed by atoms with E-state index >= 15 is 0 Å². The molecular weight excluding hydrogens is 236 g/mol. The second-order valence-electron chi connectivity index (χ2n) is 4.05. The molecule has 3 nitrogen and oxygen atoms in total. The molecule has 2 aromatic carbocycles. The molecule has 4 heteroatoms. The van der Waals surface area contributed by atoms with E-state index in [0.29, 0.717) is 0 Å². The Bertz CT molecular complexity index is 632. The third kappa shape index (κ3) is 3.05. The van der Waals surface area contributed by atoms with Gasteiger partial charge in [0, 0.05) is 0 Å². The number of benzene rings is 2. The van der Waals surface area contributed by atoms with Gasteiger partial charge in [-0.15, -0.1) is 0 Å². The summed E-state index contributed by atoms with van der Waals surface area (Å²) in [7, 11) is -3.42. The lowest BCUT2D eigenvalue weighted by atomic mass is 10.0. The lowest BCUT2D eigenvalue weighted by Gasteiger charge is -2.12. The minimum atomic E-state index is -3.42. The van der Waals surface area contributed by atoms with Crippen molar-refractivity contribution < 1.29 is 12.6 Å². The molecule has 17 heavy (non-hydrogen) atoms. The van der Waals surface area contributed by atoms with Crippen molar-refractivity contribution in [2.75, 3.05) is 6.26 Å². The summed E-state index contributed by atoms with van der Waals surface area (Å²) in [4.78, 5) is 0. The van der Waals surface area contributed by atoms with Crippen molar-refractivity contribution in [1.29, 1.82) is 0 Å². The second-order valence-corrected chi connectivity index (χ2v) is 5.65. The molecule has 0 fully saturated rings. The summed E-state index contributed by atoms with van der Waals surface area (Å²) in [6, 6.07) is 13.7. The van der Waals surface area contributed by atoms with Crippen LogP contribution in [0.3, 0.4) is 0 Å². The lowest BCUT2D eigenvalue weighted by Crippen LogP contribution is -2.07. The summed E-state index contributed by atoms with van der Waals surface area (Å²) in [5, 5.41) is 2.21. The molecule has 0 aliphatic rings. The molecule has 0 aliphatic heterocycles. The highest BCUT2D eigenvalue weighted by Crippen LogP contribution is 2.23. The van der Waals surface area contributed by atoms with Crippen molar-refractivity contribution in [2.45, 2.75) is 13.0 Å². The van der Waals surface area contributed by atoms with Crippen molar-refractivity contribution >= 4 is 20.9 Å². The first-order valence-electron chi connectivity index (χ1n) is 5.33. The summed E-state index contributed by atoms with van der Waals surface area (Å²) in [6.07, 6.45) is 0.597. The second kappa shape index (κ2) is 4.47. The minimum absolute atomic E-state index is 0.463. The van der Waals surface area contributed by atoms with Crippen molar-refractivity contribution in [2.24, 2.45) is 0 Å². The van der Waals surface area contributed by atoms with Crippen LogP contribution in [0.4, 0.5) is 0 Å². The fourth-order valence-corrected chi connectivity index (χ4v) is 2.41. The van der Waals surface area contributed by atoms with Gasteiger partial charge in [0.05, 0.1) is 12.4 Å². The monoisotopic (exact) mass is 250 g/mol. The van der Waals surface area contributed by atoms with Gasteiger partial charge in [0.15, 0.2) is 0 Å². The van der Waals surface area contributed by atoms with Crippen LogP contribution in [0.25, 0.3) is 10.8 Å². The smallest absolute Gasteiger partial charge is 0.262 e. The molecule has 0 radical (unpaired) electrons. The number of hydrogen-bond acceptors (Lipinski definition) is 3. The van der Waals surface area contributed by atoms with Gasteiger partial charge in [-0.25, -0.2) is 0 Å². The molecule has 0 bridgehead atoms. The van der Waals surface area contributed by atoms with E-state index in [1.807, 2.05) is 42.5 Å². The van der Waals surface area contributed by atoms with Crippen molar-refractivity contribution in [3.05, 3.63) is 48.0 Å². The third-order valence-electron chi connectivity index (χ3n) is 2.56. The molecule has 0 heterocycles. The summed E-state index contributed by atoms with van der Waals surface area (Å²) in [5.41, 5.74) is 0.856. The lowest BCUT2D eigenvalue weighted by molar-refractivity contribution is 0.237. The number of hydrogen-bond donors (Lipinski definition) is 0. The summed E-state index contributed by atoms with van der Waals surface area (Å²) in [5.74, 6) is 0. The molecule has 0 saturated carbocycles. The third-order valence-corrected chi connectivity index (χ3v) is 3.20. The molecule has 0 amide bonds. The van der Waals surface area contributed by atoms with Gasteiger partial charge in [0.2, 0.25) is 0 Å². The summed E-state index contributed by atoms with van der Waals surface area (Å²) in [6.45, 7) is 1.73. The van der Waals surface area contributed by atoms with Gasteiger partial charge < -0.3 is 0 Å². The number of rotatable bonds is 3. The first-order valence-corrected chi connectivity index (χ1v) is 7.14. The molecular formula is C13H14O3S. The molecule has 1 unspecified atom stereocenters. The first kappa shape index (κ1) is 12.1. The molecule has 90 valence electrons. The van der Waals surface area contributed by atoms with E-state index in [-0.39, 0.29) is 0 Å². The van der Waals surface area contributed by atoms with Gasteiger partial charge in [-0.1, -0.05) is 36.4 Å². The van der Waals surface area contributed by atoms with E-state index in [4.69, 9.17) is 4.18 Å². The summed E-state index contributed by atoms with van der Waals surface area (Å²) >= 11 is 0. The zero-order chi connectivity index (χ0) is 12.5. The van der Waals surface area contributed by atoms with Gasteiger partial charge in [0.25, 0.3) is 10.1 Å². The molecule has 0 aliphatic carbocycles. The van der Waals surface area contributed by atoms with Crippen LogP contribution in [0.5, 0.6) is 0 Å². The standard InChI is InChI=1S/C13H14O3S/c1-10(16-17(2,14)15)12-8-7-11-5-3-4-6-13(11)9-12/h3-10H,1-2H3. The van der Waals surface area contributed by atoms with E-state index in [2.05, 4.69) is 0 Å². The van der Waals surface area contributed by atoms with Crippen LogP contribution in [-0.4, -0.2) is 14.7 Å². The molecule has 0 N–H and O–H groups in total.